The molecule has 228 valence electrons. The van der Waals surface area contributed by atoms with Crippen LogP contribution in [0.5, 0.6) is 0 Å². The Morgan fingerprint density at radius 1 is 1.12 bits per heavy atom. The van der Waals surface area contributed by atoms with E-state index in [1.165, 1.54) is 6.07 Å². The second kappa shape index (κ2) is 15.5. The lowest BCUT2D eigenvalue weighted by molar-refractivity contribution is -0.128. The fourth-order valence-corrected chi connectivity index (χ4v) is 6.24. The first-order chi connectivity index (χ1) is 19.8. The fraction of sp³-hybridized carbons (Fsp3) is 0.600. The van der Waals surface area contributed by atoms with E-state index in [0.717, 1.165) is 57.8 Å². The first kappa shape index (κ1) is 31.9. The summed E-state index contributed by atoms with van der Waals surface area (Å²) in [4.78, 5) is 16.4. The van der Waals surface area contributed by atoms with Gasteiger partial charge in [0, 0.05) is 75.2 Å². The number of halogens is 3. The Bertz CT molecular complexity index is 1160. The van der Waals surface area contributed by atoms with E-state index < -0.39 is 6.29 Å². The van der Waals surface area contributed by atoms with Gasteiger partial charge in [0.05, 0.1) is 11.6 Å². The third-order valence-corrected chi connectivity index (χ3v) is 8.48. The molecule has 2 aliphatic heterocycles. The summed E-state index contributed by atoms with van der Waals surface area (Å²) >= 11 is 12.6. The fourth-order valence-electron chi connectivity index (χ4n) is 5.80. The lowest BCUT2D eigenvalue weighted by Gasteiger charge is -2.47. The molecule has 2 N–H and O–H groups in total. The molecule has 2 fully saturated rings. The number of benzene rings is 1. The van der Waals surface area contributed by atoms with Gasteiger partial charge >= 0.3 is 0 Å². The monoisotopic (exact) mass is 610 g/mol. The Morgan fingerprint density at radius 3 is 2.49 bits per heavy atom. The molecule has 2 saturated heterocycles. The van der Waals surface area contributed by atoms with E-state index in [2.05, 4.69) is 26.6 Å². The number of aromatic nitrogens is 1. The maximum absolute atomic E-state index is 14.3. The number of pyridine rings is 1. The third kappa shape index (κ3) is 8.52. The van der Waals surface area contributed by atoms with Gasteiger partial charge in [-0.25, -0.2) is 9.37 Å². The van der Waals surface area contributed by atoms with Crippen LogP contribution >= 0.6 is 23.2 Å². The van der Waals surface area contributed by atoms with Crippen LogP contribution in [0.1, 0.15) is 52.6 Å². The van der Waals surface area contributed by atoms with E-state index in [4.69, 9.17) is 43.4 Å². The topological polar surface area (TPSA) is 79.5 Å². The quantitative estimate of drug-likeness (QED) is 0.195. The van der Waals surface area contributed by atoms with E-state index >= 15 is 0 Å². The van der Waals surface area contributed by atoms with Crippen LogP contribution in [-0.2, 0) is 16.0 Å². The Labute approximate surface area is 255 Å². The highest BCUT2D eigenvalue weighted by atomic mass is 35.5. The van der Waals surface area contributed by atoms with E-state index in [-0.39, 0.29) is 7.24 Å². The smallest absolute Gasteiger partial charge is 0.176 e. The van der Waals surface area contributed by atoms with E-state index in [0.29, 0.717) is 65.4 Å². The summed E-state index contributed by atoms with van der Waals surface area (Å²) < 4.78 is 25.4. The number of anilines is 1. The number of nitrogens with zero attached hydrogens (tertiary/aromatic N) is 5. The van der Waals surface area contributed by atoms with Crippen LogP contribution in [0.4, 0.5) is 10.2 Å². The predicted molar refractivity (Wildman–Crippen MR) is 167 cm³/mol. The molecule has 1 aromatic heterocycles. The van der Waals surface area contributed by atoms with Gasteiger partial charge < -0.3 is 20.1 Å². The second-order valence-corrected chi connectivity index (χ2v) is 11.4. The number of aliphatic imine (C=N–C) groups is 1. The number of ether oxygens (including phenoxy) is 2. The van der Waals surface area contributed by atoms with E-state index in [9.17, 15) is 4.39 Å². The van der Waals surface area contributed by atoms with Gasteiger partial charge in [0.2, 0.25) is 0 Å². The molecule has 2 aromatic rings. The molecule has 1 aromatic carbocycles. The van der Waals surface area contributed by atoms with Gasteiger partial charge in [-0.2, -0.15) is 0 Å². The molecule has 0 spiro atoms. The zero-order valence-corrected chi connectivity index (χ0v) is 25.9. The SMILES string of the molecule is CCOC(CN=C(N)c1cnc(N2CCN(C3CCN(Cc4ccc(Cl)cc4F)CC3)[C@@H](CC)C2)c(Cl)c1)OCC.[HH]. The molecule has 4 rings (SSSR count). The van der Waals surface area contributed by atoms with Crippen molar-refractivity contribution in [1.29, 1.82) is 0 Å². The highest BCUT2D eigenvalue weighted by Crippen LogP contribution is 2.30. The Balaban J connectivity index is 0.00000484. The minimum absolute atomic E-state index is 0. The molecule has 11 heteroatoms. The van der Waals surface area contributed by atoms with Crippen molar-refractivity contribution >= 4 is 34.9 Å². The molecular formula is C30H45Cl2FN6O2. The first-order valence-electron chi connectivity index (χ1n) is 14.7. The molecule has 41 heavy (non-hydrogen) atoms. The lowest BCUT2D eigenvalue weighted by atomic mass is 9.97. The standard InChI is InChI=1S/C30H43Cl2FN6O2.H2/c1-4-24-20-38(30-26(32)15-22(17-36-30)29(34)35-18-28(40-5-2)41-6-3)13-14-39(24)25-9-11-37(12-10-25)19-21-7-8-23(31)16-27(21)33;/h7-8,15-17,24-25,28H,4-6,9-14,18-20H2,1-3H3,(H2,34,35);1H/t24-;/m0./s1. The maximum Gasteiger partial charge on any atom is 0.176 e. The Kier molecular flexibility index (Phi) is 12.0. The molecule has 0 amide bonds. The normalized spacial score (nSPS) is 19.8. The summed E-state index contributed by atoms with van der Waals surface area (Å²) in [6, 6.07) is 7.72. The highest BCUT2D eigenvalue weighted by Gasteiger charge is 2.34. The van der Waals surface area contributed by atoms with Gasteiger partial charge in [-0.1, -0.05) is 36.2 Å². The Morgan fingerprint density at radius 2 is 1.85 bits per heavy atom. The molecule has 0 unspecified atom stereocenters. The number of piperidine rings is 1. The van der Waals surface area contributed by atoms with Crippen molar-refractivity contribution < 1.29 is 15.3 Å². The minimum Gasteiger partial charge on any atom is -0.383 e. The number of piperazine rings is 1. The summed E-state index contributed by atoms with van der Waals surface area (Å²) in [5.74, 6) is 0.910. The van der Waals surface area contributed by atoms with Gasteiger partial charge in [-0.05, 0) is 64.4 Å². The van der Waals surface area contributed by atoms with Crippen molar-refractivity contribution in [3.05, 3.63) is 57.5 Å². The molecular weight excluding hydrogens is 566 g/mol. The van der Waals surface area contributed by atoms with Gasteiger partial charge in [0.15, 0.2) is 6.29 Å². The third-order valence-electron chi connectivity index (χ3n) is 7.97. The first-order valence-corrected chi connectivity index (χ1v) is 15.4. The lowest BCUT2D eigenvalue weighted by Crippen LogP contribution is -2.58. The van der Waals surface area contributed by atoms with Crippen molar-refractivity contribution in [3.63, 3.8) is 0 Å². The van der Waals surface area contributed by atoms with Crippen molar-refractivity contribution in [2.75, 3.05) is 57.4 Å². The molecule has 0 aliphatic carbocycles. The van der Waals surface area contributed by atoms with Crippen LogP contribution in [-0.4, -0.2) is 91.5 Å². The average Bonchev–Trinajstić information content (AvgIpc) is 2.97. The summed E-state index contributed by atoms with van der Waals surface area (Å²) in [5.41, 5.74) is 7.62. The largest absolute Gasteiger partial charge is 0.383 e. The number of amidine groups is 1. The highest BCUT2D eigenvalue weighted by molar-refractivity contribution is 6.33. The summed E-state index contributed by atoms with van der Waals surface area (Å²) in [7, 11) is 0. The molecule has 1 atom stereocenters. The molecule has 8 nitrogen and oxygen atoms in total. The molecule has 0 radical (unpaired) electrons. The molecule has 0 saturated carbocycles. The number of hydrogen-bond acceptors (Lipinski definition) is 7. The molecule has 0 bridgehead atoms. The van der Waals surface area contributed by atoms with Crippen LogP contribution in [0.25, 0.3) is 0 Å². The van der Waals surface area contributed by atoms with Crippen molar-refractivity contribution in [1.82, 2.24) is 14.8 Å². The number of hydrogen-bond donors (Lipinski definition) is 1. The number of rotatable bonds is 12. The second-order valence-electron chi connectivity index (χ2n) is 10.6. The maximum atomic E-state index is 14.3. The molecule has 3 heterocycles. The summed E-state index contributed by atoms with van der Waals surface area (Å²) in [5, 5.41) is 1.00. The van der Waals surface area contributed by atoms with E-state index in [1.807, 2.05) is 19.9 Å². The van der Waals surface area contributed by atoms with Gasteiger partial charge in [0.25, 0.3) is 0 Å². The van der Waals surface area contributed by atoms with Crippen molar-refractivity contribution in [2.24, 2.45) is 10.7 Å². The van der Waals surface area contributed by atoms with Crippen LogP contribution in [0.3, 0.4) is 0 Å². The minimum atomic E-state index is -0.424. The Hall–Kier alpha value is -2.01. The zero-order chi connectivity index (χ0) is 29.4. The molecule has 2 aliphatic rings. The van der Waals surface area contributed by atoms with Crippen LogP contribution in [0.2, 0.25) is 10.0 Å². The van der Waals surface area contributed by atoms with Crippen LogP contribution < -0.4 is 10.6 Å². The van der Waals surface area contributed by atoms with Crippen molar-refractivity contribution in [2.45, 2.75) is 65.0 Å². The van der Waals surface area contributed by atoms with Gasteiger partial charge in [-0.3, -0.25) is 14.8 Å². The average molecular weight is 612 g/mol. The van der Waals surface area contributed by atoms with E-state index in [1.54, 1.807) is 18.3 Å². The number of nitrogens with two attached hydrogens (primary N) is 1. The van der Waals surface area contributed by atoms with Gasteiger partial charge in [-0.15, -0.1) is 0 Å². The predicted octanol–water partition coefficient (Wildman–Crippen LogP) is 5.44. The van der Waals surface area contributed by atoms with Crippen LogP contribution in [0, 0.1) is 5.82 Å². The van der Waals surface area contributed by atoms with Crippen LogP contribution in [0.15, 0.2) is 35.5 Å². The summed E-state index contributed by atoms with van der Waals surface area (Å²) in [6.45, 7) is 12.7. The summed E-state index contributed by atoms with van der Waals surface area (Å²) in [6.07, 6.45) is 4.51. The number of likely N-dealkylation sites (tertiary alicyclic amines) is 1. The zero-order valence-electron chi connectivity index (χ0n) is 24.4. The van der Waals surface area contributed by atoms with Gasteiger partial charge in [0.1, 0.15) is 17.5 Å². The van der Waals surface area contributed by atoms with Crippen molar-refractivity contribution in [3.8, 4) is 0 Å².